The lowest BCUT2D eigenvalue weighted by Gasteiger charge is -2.16. The van der Waals surface area contributed by atoms with E-state index < -0.39 is 0 Å². The maximum absolute atomic E-state index is 11.3. The van der Waals surface area contributed by atoms with Gasteiger partial charge in [-0.25, -0.2) is 10.3 Å². The number of hydrogen-bond acceptors (Lipinski definition) is 2. The van der Waals surface area contributed by atoms with Crippen molar-refractivity contribution >= 4 is 11.7 Å². The summed E-state index contributed by atoms with van der Waals surface area (Å²) in [6.07, 6.45) is 0. The SMILES string of the molecule is CONC(=O)N(C)c1c[c]c(C)cc1. The Morgan fingerprint density at radius 3 is 2.79 bits per heavy atom. The molecule has 4 heteroatoms. The van der Waals surface area contributed by atoms with Crippen molar-refractivity contribution in [3.63, 3.8) is 0 Å². The molecule has 1 radical (unpaired) electrons. The molecule has 0 heterocycles. The number of rotatable bonds is 2. The van der Waals surface area contributed by atoms with E-state index in [1.165, 1.54) is 12.0 Å². The summed E-state index contributed by atoms with van der Waals surface area (Å²) in [5.41, 5.74) is 4.04. The number of carbonyl (C=O) groups is 1. The van der Waals surface area contributed by atoms with E-state index in [4.69, 9.17) is 0 Å². The summed E-state index contributed by atoms with van der Waals surface area (Å²) in [6, 6.07) is 8.20. The zero-order valence-electron chi connectivity index (χ0n) is 8.50. The summed E-state index contributed by atoms with van der Waals surface area (Å²) in [5.74, 6) is 0. The van der Waals surface area contributed by atoms with Gasteiger partial charge >= 0.3 is 6.03 Å². The molecular formula is C10H13N2O2. The van der Waals surface area contributed by atoms with Crippen LogP contribution in [0.3, 0.4) is 0 Å². The number of nitrogens with zero attached hydrogens (tertiary/aromatic N) is 1. The van der Waals surface area contributed by atoms with Gasteiger partial charge in [-0.15, -0.1) is 0 Å². The predicted octanol–water partition coefficient (Wildman–Crippen LogP) is 1.50. The quantitative estimate of drug-likeness (QED) is 0.723. The molecule has 4 nitrogen and oxygen atoms in total. The van der Waals surface area contributed by atoms with Gasteiger partial charge in [0.15, 0.2) is 0 Å². The summed E-state index contributed by atoms with van der Waals surface area (Å²) in [5, 5.41) is 0. The highest BCUT2D eigenvalue weighted by Gasteiger charge is 2.08. The second-order valence-corrected chi connectivity index (χ2v) is 2.90. The summed E-state index contributed by atoms with van der Waals surface area (Å²) >= 11 is 0. The fourth-order valence-corrected chi connectivity index (χ4v) is 0.976. The summed E-state index contributed by atoms with van der Waals surface area (Å²) in [7, 11) is 3.06. The second-order valence-electron chi connectivity index (χ2n) is 2.90. The van der Waals surface area contributed by atoms with Gasteiger partial charge in [0.1, 0.15) is 0 Å². The molecule has 1 aromatic carbocycles. The van der Waals surface area contributed by atoms with Gasteiger partial charge in [-0.1, -0.05) is 6.07 Å². The molecule has 0 saturated carbocycles. The third kappa shape index (κ3) is 2.47. The monoisotopic (exact) mass is 193 g/mol. The smallest absolute Gasteiger partial charge is 0.296 e. The standard InChI is InChI=1S/C10H13N2O2/c1-8-4-6-9(7-5-8)12(2)10(13)11-14-3/h4,6-7H,1-3H3,(H,11,13). The third-order valence-corrected chi connectivity index (χ3v) is 1.83. The molecule has 0 bridgehead atoms. The number of benzene rings is 1. The Morgan fingerprint density at radius 2 is 2.29 bits per heavy atom. The van der Waals surface area contributed by atoms with E-state index >= 15 is 0 Å². The Hall–Kier alpha value is -1.55. The molecular weight excluding hydrogens is 180 g/mol. The molecule has 2 amide bonds. The fraction of sp³-hybridized carbons (Fsp3) is 0.300. The lowest BCUT2D eigenvalue weighted by molar-refractivity contribution is 0.111. The molecule has 0 fully saturated rings. The van der Waals surface area contributed by atoms with Crippen molar-refractivity contribution in [1.29, 1.82) is 0 Å². The van der Waals surface area contributed by atoms with E-state index in [9.17, 15) is 4.79 Å². The molecule has 1 aromatic rings. The normalized spacial score (nSPS) is 9.64. The maximum Gasteiger partial charge on any atom is 0.345 e. The number of hydroxylamine groups is 1. The summed E-state index contributed by atoms with van der Waals surface area (Å²) < 4.78 is 0. The first-order valence-corrected chi connectivity index (χ1v) is 4.20. The Bertz CT molecular complexity index is 308. The van der Waals surface area contributed by atoms with Crippen LogP contribution in [0.4, 0.5) is 10.5 Å². The lowest BCUT2D eigenvalue weighted by Crippen LogP contribution is -2.36. The van der Waals surface area contributed by atoms with Crippen LogP contribution < -0.4 is 10.4 Å². The second kappa shape index (κ2) is 4.62. The largest absolute Gasteiger partial charge is 0.345 e. The van der Waals surface area contributed by atoms with Crippen LogP contribution in [-0.4, -0.2) is 20.2 Å². The van der Waals surface area contributed by atoms with Gasteiger partial charge in [-0.3, -0.25) is 9.74 Å². The number of amides is 2. The molecule has 1 rings (SSSR count). The van der Waals surface area contributed by atoms with E-state index in [-0.39, 0.29) is 6.03 Å². The van der Waals surface area contributed by atoms with E-state index in [2.05, 4.69) is 16.4 Å². The Labute approximate surface area is 83.4 Å². The van der Waals surface area contributed by atoms with E-state index in [0.717, 1.165) is 11.3 Å². The molecule has 14 heavy (non-hydrogen) atoms. The van der Waals surface area contributed by atoms with Crippen LogP contribution in [-0.2, 0) is 4.84 Å². The lowest BCUT2D eigenvalue weighted by atomic mass is 10.2. The first-order valence-electron chi connectivity index (χ1n) is 4.20. The Kier molecular flexibility index (Phi) is 3.48. The molecule has 75 valence electrons. The highest BCUT2D eigenvalue weighted by atomic mass is 16.6. The van der Waals surface area contributed by atoms with Gasteiger partial charge in [-0.2, -0.15) is 0 Å². The number of carbonyl (C=O) groups excluding carboxylic acids is 1. The molecule has 0 unspecified atom stereocenters. The zero-order valence-corrected chi connectivity index (χ0v) is 8.50. The van der Waals surface area contributed by atoms with Crippen molar-refractivity contribution in [1.82, 2.24) is 5.48 Å². The first kappa shape index (κ1) is 10.5. The van der Waals surface area contributed by atoms with Gasteiger partial charge in [-0.05, 0) is 30.7 Å². The van der Waals surface area contributed by atoms with E-state index in [1.807, 2.05) is 19.1 Å². The number of hydrogen-bond donors (Lipinski definition) is 1. The van der Waals surface area contributed by atoms with Crippen LogP contribution in [0.5, 0.6) is 0 Å². The van der Waals surface area contributed by atoms with Crippen LogP contribution in [0.25, 0.3) is 0 Å². The van der Waals surface area contributed by atoms with Crippen molar-refractivity contribution in [3.05, 3.63) is 29.8 Å². The van der Waals surface area contributed by atoms with Gasteiger partial charge in [0.05, 0.1) is 7.11 Å². The molecule has 0 saturated heterocycles. The Balaban J connectivity index is 2.73. The van der Waals surface area contributed by atoms with E-state index in [0.29, 0.717) is 0 Å². The van der Waals surface area contributed by atoms with Crippen LogP contribution >= 0.6 is 0 Å². The molecule has 0 aliphatic heterocycles. The van der Waals surface area contributed by atoms with Crippen molar-refractivity contribution < 1.29 is 9.63 Å². The topological polar surface area (TPSA) is 41.6 Å². The van der Waals surface area contributed by atoms with E-state index in [1.54, 1.807) is 13.1 Å². The summed E-state index contributed by atoms with van der Waals surface area (Å²) in [4.78, 5) is 17.3. The summed E-state index contributed by atoms with van der Waals surface area (Å²) in [6.45, 7) is 1.94. The fourth-order valence-electron chi connectivity index (χ4n) is 0.976. The average Bonchev–Trinajstić information content (AvgIpc) is 2.18. The minimum absolute atomic E-state index is 0.315. The molecule has 0 spiro atoms. The van der Waals surface area contributed by atoms with Crippen LogP contribution in [0.15, 0.2) is 18.2 Å². The maximum atomic E-state index is 11.3. The molecule has 0 atom stereocenters. The molecule has 0 aliphatic rings. The van der Waals surface area contributed by atoms with Crippen LogP contribution in [0, 0.1) is 13.0 Å². The number of anilines is 1. The number of urea groups is 1. The highest BCUT2D eigenvalue weighted by molar-refractivity contribution is 5.90. The van der Waals surface area contributed by atoms with Crippen LogP contribution in [0.2, 0.25) is 0 Å². The minimum Gasteiger partial charge on any atom is -0.296 e. The van der Waals surface area contributed by atoms with Crippen LogP contribution in [0.1, 0.15) is 5.56 Å². The van der Waals surface area contributed by atoms with Crippen molar-refractivity contribution in [2.75, 3.05) is 19.1 Å². The minimum atomic E-state index is -0.315. The van der Waals surface area contributed by atoms with Crippen molar-refractivity contribution in [2.45, 2.75) is 6.92 Å². The predicted molar refractivity (Wildman–Crippen MR) is 54.0 cm³/mol. The van der Waals surface area contributed by atoms with Crippen molar-refractivity contribution in [2.24, 2.45) is 0 Å². The first-order chi connectivity index (χ1) is 6.65. The highest BCUT2D eigenvalue weighted by Crippen LogP contribution is 2.12. The molecule has 0 aliphatic carbocycles. The molecule has 1 N–H and O–H groups in total. The average molecular weight is 193 g/mol. The van der Waals surface area contributed by atoms with Crippen molar-refractivity contribution in [3.8, 4) is 0 Å². The third-order valence-electron chi connectivity index (χ3n) is 1.83. The van der Waals surface area contributed by atoms with Gasteiger partial charge in [0, 0.05) is 12.7 Å². The van der Waals surface area contributed by atoms with Gasteiger partial charge in [0.25, 0.3) is 0 Å². The number of aryl methyl sites for hydroxylation is 1. The van der Waals surface area contributed by atoms with Gasteiger partial charge < -0.3 is 0 Å². The number of nitrogens with one attached hydrogen (secondary N) is 1. The zero-order chi connectivity index (χ0) is 10.6. The van der Waals surface area contributed by atoms with Gasteiger partial charge in [0.2, 0.25) is 0 Å². The molecule has 0 aromatic heterocycles. The Morgan fingerprint density at radius 1 is 1.57 bits per heavy atom.